The average molecular weight is 370 g/mol. The van der Waals surface area contributed by atoms with Crippen LogP contribution in [0, 0.1) is 0 Å². The summed E-state index contributed by atoms with van der Waals surface area (Å²) in [5.74, 6) is 0.246. The minimum Gasteiger partial charge on any atom is -0.379 e. The van der Waals surface area contributed by atoms with E-state index in [0.717, 1.165) is 17.7 Å². The predicted octanol–water partition coefficient (Wildman–Crippen LogP) is 3.63. The summed E-state index contributed by atoms with van der Waals surface area (Å²) in [5, 5.41) is 4.78. The summed E-state index contributed by atoms with van der Waals surface area (Å²) in [6.07, 6.45) is 3.13. The number of rotatable bonds is 3. The Kier molecular flexibility index (Phi) is 4.41. The standard InChI is InChI=1S/C20H20ClN3O2/c1-20(12-18(23-26-20)15-6-2-3-7-16(15)21)19(25)24-11-9-14(13-24)17-8-4-5-10-22-17/h2-8,10,14H,9,11-13H2,1H3. The first-order chi connectivity index (χ1) is 12.6. The molecule has 6 heteroatoms. The van der Waals surface area contributed by atoms with Gasteiger partial charge in [0.15, 0.2) is 0 Å². The minimum absolute atomic E-state index is 0.0262. The first-order valence-corrected chi connectivity index (χ1v) is 9.15. The molecule has 0 radical (unpaired) electrons. The van der Waals surface area contributed by atoms with Crippen molar-refractivity contribution in [2.45, 2.75) is 31.3 Å². The summed E-state index contributed by atoms with van der Waals surface area (Å²) in [6.45, 7) is 3.17. The third kappa shape index (κ3) is 3.07. The number of amides is 1. The van der Waals surface area contributed by atoms with Crippen LogP contribution in [-0.4, -0.2) is 40.2 Å². The number of carbonyl (C=O) groups excluding carboxylic acids is 1. The molecular formula is C20H20ClN3O2. The van der Waals surface area contributed by atoms with Crippen molar-refractivity contribution in [3.8, 4) is 0 Å². The molecule has 2 aliphatic rings. The van der Waals surface area contributed by atoms with Crippen molar-refractivity contribution in [3.63, 3.8) is 0 Å². The van der Waals surface area contributed by atoms with Crippen molar-refractivity contribution in [1.29, 1.82) is 0 Å². The summed E-state index contributed by atoms with van der Waals surface area (Å²) < 4.78 is 0. The summed E-state index contributed by atoms with van der Waals surface area (Å²) in [4.78, 5) is 25.0. The fourth-order valence-electron chi connectivity index (χ4n) is 3.63. The second-order valence-electron chi connectivity index (χ2n) is 7.01. The number of benzene rings is 1. The van der Waals surface area contributed by atoms with Crippen molar-refractivity contribution < 1.29 is 9.63 Å². The highest BCUT2D eigenvalue weighted by Crippen LogP contribution is 2.34. The molecule has 1 fully saturated rings. The molecule has 1 aromatic carbocycles. The maximum Gasteiger partial charge on any atom is 0.269 e. The molecule has 2 aliphatic heterocycles. The van der Waals surface area contributed by atoms with Gasteiger partial charge in [0.1, 0.15) is 0 Å². The van der Waals surface area contributed by atoms with Crippen LogP contribution in [0.25, 0.3) is 0 Å². The molecule has 3 heterocycles. The Hall–Kier alpha value is -2.40. The van der Waals surface area contributed by atoms with Crippen LogP contribution < -0.4 is 0 Å². The Balaban J connectivity index is 1.45. The van der Waals surface area contributed by atoms with Crippen LogP contribution in [0.15, 0.2) is 53.8 Å². The lowest BCUT2D eigenvalue weighted by Crippen LogP contribution is -2.46. The molecule has 2 aromatic rings. The van der Waals surface area contributed by atoms with Crippen molar-refractivity contribution in [2.24, 2.45) is 5.16 Å². The highest BCUT2D eigenvalue weighted by molar-refractivity contribution is 6.34. The lowest BCUT2D eigenvalue weighted by molar-refractivity contribution is -0.152. The molecule has 4 rings (SSSR count). The van der Waals surface area contributed by atoms with Gasteiger partial charge < -0.3 is 9.74 Å². The summed E-state index contributed by atoms with van der Waals surface area (Å²) >= 11 is 6.25. The average Bonchev–Trinajstić information content (AvgIpc) is 3.30. The predicted molar refractivity (Wildman–Crippen MR) is 100 cm³/mol. The van der Waals surface area contributed by atoms with Crippen LogP contribution in [-0.2, 0) is 9.63 Å². The molecule has 1 amide bonds. The fourth-order valence-corrected chi connectivity index (χ4v) is 3.88. The number of likely N-dealkylation sites (tertiary alicyclic amines) is 1. The van der Waals surface area contributed by atoms with E-state index < -0.39 is 5.60 Å². The number of hydrogen-bond donors (Lipinski definition) is 0. The summed E-state index contributed by atoms with van der Waals surface area (Å²) in [7, 11) is 0. The molecule has 0 bridgehead atoms. The third-order valence-electron chi connectivity index (χ3n) is 5.08. The van der Waals surface area contributed by atoms with Gasteiger partial charge in [-0.05, 0) is 31.5 Å². The van der Waals surface area contributed by atoms with Crippen LogP contribution in [0.2, 0.25) is 5.02 Å². The first kappa shape index (κ1) is 17.0. The van der Waals surface area contributed by atoms with Gasteiger partial charge in [0.05, 0.1) is 5.71 Å². The SMILES string of the molecule is CC1(C(=O)N2CCC(c3ccccn3)C2)CC(c2ccccc2Cl)=NO1. The van der Waals surface area contributed by atoms with Gasteiger partial charge in [-0.25, -0.2) is 0 Å². The Morgan fingerprint density at radius 3 is 2.85 bits per heavy atom. The quantitative estimate of drug-likeness (QED) is 0.830. The lowest BCUT2D eigenvalue weighted by atomic mass is 9.94. The Morgan fingerprint density at radius 2 is 2.08 bits per heavy atom. The molecule has 5 nitrogen and oxygen atoms in total. The molecule has 0 saturated carbocycles. The van der Waals surface area contributed by atoms with Crippen LogP contribution in [0.4, 0.5) is 0 Å². The third-order valence-corrected chi connectivity index (χ3v) is 5.41. The molecule has 0 N–H and O–H groups in total. The second-order valence-corrected chi connectivity index (χ2v) is 7.42. The topological polar surface area (TPSA) is 54.8 Å². The van der Waals surface area contributed by atoms with Gasteiger partial charge in [-0.15, -0.1) is 0 Å². The van der Waals surface area contributed by atoms with Gasteiger partial charge in [0.25, 0.3) is 5.91 Å². The van der Waals surface area contributed by atoms with E-state index in [1.54, 1.807) is 13.1 Å². The van der Waals surface area contributed by atoms with Crippen molar-refractivity contribution in [1.82, 2.24) is 9.88 Å². The number of nitrogens with zero attached hydrogens (tertiary/aromatic N) is 3. The molecule has 1 saturated heterocycles. The largest absolute Gasteiger partial charge is 0.379 e. The van der Waals surface area contributed by atoms with Gasteiger partial charge >= 0.3 is 0 Å². The van der Waals surface area contributed by atoms with Crippen molar-refractivity contribution in [3.05, 3.63) is 64.9 Å². The molecular weight excluding hydrogens is 350 g/mol. The van der Waals surface area contributed by atoms with E-state index in [9.17, 15) is 4.79 Å². The highest BCUT2D eigenvalue weighted by atomic mass is 35.5. The van der Waals surface area contributed by atoms with Crippen molar-refractivity contribution in [2.75, 3.05) is 13.1 Å². The van der Waals surface area contributed by atoms with Gasteiger partial charge in [-0.2, -0.15) is 0 Å². The van der Waals surface area contributed by atoms with Crippen molar-refractivity contribution >= 4 is 23.2 Å². The maximum absolute atomic E-state index is 13.1. The zero-order valence-electron chi connectivity index (χ0n) is 14.6. The smallest absolute Gasteiger partial charge is 0.269 e. The van der Waals surface area contributed by atoms with E-state index in [2.05, 4.69) is 10.1 Å². The van der Waals surface area contributed by atoms with Gasteiger partial charge in [0, 0.05) is 47.9 Å². The molecule has 0 spiro atoms. The minimum atomic E-state index is -0.979. The Bertz CT molecular complexity index is 855. The molecule has 2 unspecified atom stereocenters. The zero-order valence-corrected chi connectivity index (χ0v) is 15.3. The van der Waals surface area contributed by atoms with Gasteiger partial charge in [-0.3, -0.25) is 9.78 Å². The fraction of sp³-hybridized carbons (Fsp3) is 0.350. The van der Waals surface area contributed by atoms with E-state index in [4.69, 9.17) is 16.4 Å². The van der Waals surface area contributed by atoms with Crippen LogP contribution in [0.3, 0.4) is 0 Å². The second kappa shape index (κ2) is 6.72. The van der Waals surface area contributed by atoms with Crippen LogP contribution in [0.5, 0.6) is 0 Å². The normalized spacial score (nSPS) is 25.1. The molecule has 134 valence electrons. The first-order valence-electron chi connectivity index (χ1n) is 8.77. The monoisotopic (exact) mass is 369 g/mol. The molecule has 2 atom stereocenters. The lowest BCUT2D eigenvalue weighted by Gasteiger charge is -2.26. The summed E-state index contributed by atoms with van der Waals surface area (Å²) in [6, 6.07) is 13.4. The molecule has 1 aromatic heterocycles. The molecule has 26 heavy (non-hydrogen) atoms. The number of hydrogen-bond acceptors (Lipinski definition) is 4. The number of halogens is 1. The van der Waals surface area contributed by atoms with Crippen LogP contribution >= 0.6 is 11.6 Å². The Labute approximate surface area is 157 Å². The van der Waals surface area contributed by atoms with Gasteiger partial charge in [0.2, 0.25) is 5.60 Å². The molecule has 0 aliphatic carbocycles. The summed E-state index contributed by atoms with van der Waals surface area (Å²) in [5.41, 5.74) is 1.59. The zero-order chi connectivity index (χ0) is 18.1. The van der Waals surface area contributed by atoms with Crippen LogP contribution in [0.1, 0.15) is 36.9 Å². The van der Waals surface area contributed by atoms with E-state index >= 15 is 0 Å². The number of carbonyl (C=O) groups is 1. The number of pyridine rings is 1. The van der Waals surface area contributed by atoms with E-state index in [1.807, 2.05) is 47.4 Å². The van der Waals surface area contributed by atoms with Gasteiger partial charge in [-0.1, -0.05) is 41.0 Å². The maximum atomic E-state index is 13.1. The number of oxime groups is 1. The Morgan fingerprint density at radius 1 is 1.27 bits per heavy atom. The highest BCUT2D eigenvalue weighted by Gasteiger charge is 2.46. The van der Waals surface area contributed by atoms with E-state index in [1.165, 1.54) is 0 Å². The van der Waals surface area contributed by atoms with E-state index in [0.29, 0.717) is 30.2 Å². The van der Waals surface area contributed by atoms with E-state index in [-0.39, 0.29) is 11.8 Å². The number of aromatic nitrogens is 1.